The summed E-state index contributed by atoms with van der Waals surface area (Å²) in [6, 6.07) is 5.84. The van der Waals surface area contributed by atoms with Crippen molar-refractivity contribution in [2.45, 2.75) is 36.9 Å². The van der Waals surface area contributed by atoms with E-state index in [0.717, 1.165) is 12.8 Å². The minimum atomic E-state index is -3.60. The van der Waals surface area contributed by atoms with Gasteiger partial charge in [-0.2, -0.15) is 13.9 Å². The molecule has 0 amide bonds. The number of hydrogen-bond donors (Lipinski definition) is 1. The number of benzene rings is 1. The minimum Gasteiger partial charge on any atom is -0.435 e. The Morgan fingerprint density at radius 1 is 1.26 bits per heavy atom. The normalized spacial score (nSPS) is 15.1. The molecule has 1 fully saturated rings. The molecule has 1 saturated carbocycles. The van der Waals surface area contributed by atoms with Crippen molar-refractivity contribution in [1.82, 2.24) is 15.2 Å². The third-order valence-electron chi connectivity index (χ3n) is 3.41. The number of H-pyrrole nitrogens is 1. The van der Waals surface area contributed by atoms with Crippen LogP contribution in [-0.2, 0) is 21.3 Å². The van der Waals surface area contributed by atoms with E-state index in [9.17, 15) is 17.2 Å². The van der Waals surface area contributed by atoms with E-state index < -0.39 is 22.2 Å². The van der Waals surface area contributed by atoms with Crippen LogP contribution >= 0.6 is 0 Å². The number of sulfone groups is 1. The van der Waals surface area contributed by atoms with Crippen LogP contribution in [0.5, 0.6) is 5.75 Å². The number of nitrogens with zero attached hydrogens (tertiary/aromatic N) is 2. The highest BCUT2D eigenvalue weighted by atomic mass is 32.2. The molecule has 0 unspecified atom stereocenters. The molecule has 9 heteroatoms. The summed E-state index contributed by atoms with van der Waals surface area (Å²) in [6.45, 7) is -3.01. The first-order valence-corrected chi connectivity index (χ1v) is 8.89. The van der Waals surface area contributed by atoms with Crippen LogP contribution in [0.1, 0.15) is 36.0 Å². The van der Waals surface area contributed by atoms with Crippen LogP contribution in [0, 0.1) is 0 Å². The van der Waals surface area contributed by atoms with Crippen molar-refractivity contribution < 1.29 is 21.9 Å². The first kappa shape index (κ1) is 15.9. The molecule has 2 aromatic rings. The first-order chi connectivity index (χ1) is 10.9. The molecule has 0 spiro atoms. The van der Waals surface area contributed by atoms with E-state index >= 15 is 0 Å². The van der Waals surface area contributed by atoms with Crippen LogP contribution in [0.3, 0.4) is 0 Å². The van der Waals surface area contributed by atoms with E-state index in [1.54, 1.807) is 6.07 Å². The summed E-state index contributed by atoms with van der Waals surface area (Å²) in [4.78, 5) is 4.17. The van der Waals surface area contributed by atoms with E-state index in [-0.39, 0.29) is 22.9 Å². The molecule has 1 aromatic carbocycles. The highest BCUT2D eigenvalue weighted by Gasteiger charge is 2.28. The summed E-state index contributed by atoms with van der Waals surface area (Å²) in [7, 11) is -3.60. The van der Waals surface area contributed by atoms with Gasteiger partial charge in [0.15, 0.2) is 15.7 Å². The van der Waals surface area contributed by atoms with Gasteiger partial charge >= 0.3 is 6.61 Å². The average Bonchev–Trinajstić information content (AvgIpc) is 3.21. The third-order valence-corrected chi connectivity index (χ3v) is 4.88. The lowest BCUT2D eigenvalue weighted by molar-refractivity contribution is -0.0503. The van der Waals surface area contributed by atoms with Crippen molar-refractivity contribution >= 4 is 9.84 Å². The summed E-state index contributed by atoms with van der Waals surface area (Å²) in [6.07, 6.45) is 2.03. The molecular formula is C14H15F2N3O3S. The minimum absolute atomic E-state index is 0.137. The maximum Gasteiger partial charge on any atom is 0.387 e. The Kier molecular flexibility index (Phi) is 4.29. The number of halogens is 2. The second kappa shape index (κ2) is 6.23. The van der Waals surface area contributed by atoms with Crippen LogP contribution < -0.4 is 4.74 Å². The van der Waals surface area contributed by atoms with Crippen molar-refractivity contribution in [3.8, 4) is 5.75 Å². The van der Waals surface area contributed by atoms with Crippen LogP contribution in [0.25, 0.3) is 0 Å². The zero-order valence-electron chi connectivity index (χ0n) is 12.1. The van der Waals surface area contributed by atoms with Crippen molar-refractivity contribution in [2.24, 2.45) is 0 Å². The number of nitrogens with one attached hydrogen (secondary N) is 1. The maximum absolute atomic E-state index is 12.4. The first-order valence-electron chi connectivity index (χ1n) is 7.07. The molecule has 0 radical (unpaired) electrons. The molecule has 1 N–H and O–H groups in total. The van der Waals surface area contributed by atoms with E-state index in [2.05, 4.69) is 19.9 Å². The molecule has 23 heavy (non-hydrogen) atoms. The van der Waals surface area contributed by atoms with E-state index in [1.165, 1.54) is 18.2 Å². The predicted molar refractivity (Wildman–Crippen MR) is 77.8 cm³/mol. The lowest BCUT2D eigenvalue weighted by Crippen LogP contribution is -2.11. The number of ether oxygens (including phenoxy) is 1. The van der Waals surface area contributed by atoms with Gasteiger partial charge in [-0.3, -0.25) is 5.10 Å². The van der Waals surface area contributed by atoms with Gasteiger partial charge in [0.1, 0.15) is 17.3 Å². The molecule has 1 aliphatic carbocycles. The van der Waals surface area contributed by atoms with Crippen LogP contribution in [0.2, 0.25) is 0 Å². The quantitative estimate of drug-likeness (QED) is 0.834. The van der Waals surface area contributed by atoms with Crippen molar-refractivity contribution in [3.05, 3.63) is 41.5 Å². The second-order valence-corrected chi connectivity index (χ2v) is 7.50. The van der Waals surface area contributed by atoms with Gasteiger partial charge in [0.2, 0.25) is 0 Å². The summed E-state index contributed by atoms with van der Waals surface area (Å²) in [5, 5.41) is 6.63. The third kappa shape index (κ3) is 4.25. The van der Waals surface area contributed by atoms with Gasteiger partial charge in [-0.15, -0.1) is 0 Å². The fraction of sp³-hybridized carbons (Fsp3) is 0.429. The van der Waals surface area contributed by atoms with Gasteiger partial charge in [-0.1, -0.05) is 18.2 Å². The molecule has 6 nitrogen and oxygen atoms in total. The Hall–Kier alpha value is -2.03. The largest absolute Gasteiger partial charge is 0.435 e. The molecule has 1 aromatic heterocycles. The van der Waals surface area contributed by atoms with Gasteiger partial charge < -0.3 is 4.74 Å². The topological polar surface area (TPSA) is 84.9 Å². The van der Waals surface area contributed by atoms with Crippen molar-refractivity contribution in [3.63, 3.8) is 0 Å². The standard InChI is InChI=1S/C14H15F2N3O3S/c15-14(16)22-11-4-2-1-3-10(11)7-23(20,21)8-12-17-13(19-18-12)9-5-6-9/h1-4,9,14H,5-8H2,(H,17,18,19). The molecule has 1 aliphatic rings. The summed E-state index contributed by atoms with van der Waals surface area (Å²) >= 11 is 0. The summed E-state index contributed by atoms with van der Waals surface area (Å²) < 4.78 is 53.6. The van der Waals surface area contributed by atoms with Crippen molar-refractivity contribution in [1.29, 1.82) is 0 Å². The Morgan fingerprint density at radius 2 is 2.00 bits per heavy atom. The Labute approximate surface area is 131 Å². The summed E-state index contributed by atoms with van der Waals surface area (Å²) in [5.41, 5.74) is 0.190. The molecule has 124 valence electrons. The van der Waals surface area contributed by atoms with E-state index in [1.807, 2.05) is 0 Å². The van der Waals surface area contributed by atoms with Crippen LogP contribution in [0.4, 0.5) is 8.78 Å². The molecular weight excluding hydrogens is 328 g/mol. The van der Waals surface area contributed by atoms with Crippen molar-refractivity contribution in [2.75, 3.05) is 0 Å². The van der Waals surface area contributed by atoms with E-state index in [4.69, 9.17) is 0 Å². The SMILES string of the molecule is O=S(=O)(Cc1nc(C2CC2)n[nH]1)Cc1ccccc1OC(F)F. The van der Waals surface area contributed by atoms with Crippen LogP contribution in [-0.4, -0.2) is 30.2 Å². The monoisotopic (exact) mass is 343 g/mol. The average molecular weight is 343 g/mol. The van der Waals surface area contributed by atoms with Gasteiger partial charge in [0, 0.05) is 11.5 Å². The number of rotatable bonds is 7. The Morgan fingerprint density at radius 3 is 2.70 bits per heavy atom. The highest BCUT2D eigenvalue weighted by molar-refractivity contribution is 7.89. The van der Waals surface area contributed by atoms with Gasteiger partial charge in [-0.05, 0) is 18.9 Å². The van der Waals surface area contributed by atoms with E-state index in [0.29, 0.717) is 11.7 Å². The smallest absolute Gasteiger partial charge is 0.387 e. The molecule has 1 heterocycles. The molecule has 0 atom stereocenters. The fourth-order valence-electron chi connectivity index (χ4n) is 2.23. The molecule has 3 rings (SSSR count). The lowest BCUT2D eigenvalue weighted by atomic mass is 10.2. The molecule has 0 bridgehead atoms. The summed E-state index contributed by atoms with van der Waals surface area (Å²) in [5.74, 6) is 0.353. The predicted octanol–water partition coefficient (Wildman–Crippen LogP) is 2.40. The van der Waals surface area contributed by atoms with Crippen LogP contribution in [0.15, 0.2) is 24.3 Å². The number of alkyl halides is 2. The zero-order chi connectivity index (χ0) is 16.4. The number of para-hydroxylation sites is 1. The molecule has 0 aliphatic heterocycles. The van der Waals surface area contributed by atoms with Gasteiger partial charge in [0.05, 0.1) is 5.75 Å². The lowest BCUT2D eigenvalue weighted by Gasteiger charge is -2.10. The Balaban J connectivity index is 1.72. The highest BCUT2D eigenvalue weighted by Crippen LogP contribution is 2.37. The zero-order valence-corrected chi connectivity index (χ0v) is 12.9. The van der Waals surface area contributed by atoms with Gasteiger partial charge in [0.25, 0.3) is 0 Å². The number of aromatic amines is 1. The fourth-order valence-corrected chi connectivity index (χ4v) is 3.59. The number of aromatic nitrogens is 3. The number of hydrogen-bond acceptors (Lipinski definition) is 5. The Bertz CT molecular complexity index is 788. The van der Waals surface area contributed by atoms with Gasteiger partial charge in [-0.25, -0.2) is 13.4 Å². The second-order valence-electron chi connectivity index (χ2n) is 5.43. The maximum atomic E-state index is 12.4. The molecule has 0 saturated heterocycles.